The Kier molecular flexibility index (Phi) is 8.42. The van der Waals surface area contributed by atoms with Gasteiger partial charge in [-0.25, -0.2) is 9.97 Å². The van der Waals surface area contributed by atoms with Crippen molar-refractivity contribution in [1.29, 1.82) is 0 Å². The second-order valence-corrected chi connectivity index (χ2v) is 11.4. The van der Waals surface area contributed by atoms with E-state index in [0.717, 1.165) is 31.6 Å². The van der Waals surface area contributed by atoms with Crippen molar-refractivity contribution in [3.05, 3.63) is 83.9 Å². The van der Waals surface area contributed by atoms with Crippen LogP contribution in [0.15, 0.2) is 73.2 Å². The summed E-state index contributed by atoms with van der Waals surface area (Å²) in [7, 11) is 0. The number of carbonyl (C=O) groups excluding carboxylic acids is 1. The lowest BCUT2D eigenvalue weighted by molar-refractivity contribution is -0.114. The van der Waals surface area contributed by atoms with Crippen molar-refractivity contribution in [3.63, 3.8) is 0 Å². The van der Waals surface area contributed by atoms with Crippen LogP contribution < -0.4 is 19.7 Å². The highest BCUT2D eigenvalue weighted by Gasteiger charge is 2.28. The van der Waals surface area contributed by atoms with E-state index in [1.807, 2.05) is 49.4 Å². The lowest BCUT2D eigenvalue weighted by Gasteiger charge is -2.35. The van der Waals surface area contributed by atoms with Gasteiger partial charge in [-0.3, -0.25) is 14.7 Å². The van der Waals surface area contributed by atoms with Crippen LogP contribution in [0.5, 0.6) is 11.5 Å². The molecule has 0 bridgehead atoms. The van der Waals surface area contributed by atoms with E-state index in [1.54, 1.807) is 29.3 Å². The Labute approximate surface area is 254 Å². The molecule has 1 fully saturated rings. The van der Waals surface area contributed by atoms with Crippen LogP contribution in [0.3, 0.4) is 0 Å². The molecule has 2 aromatic carbocycles. The van der Waals surface area contributed by atoms with Crippen molar-refractivity contribution < 1.29 is 19.4 Å². The fourth-order valence-corrected chi connectivity index (χ4v) is 5.47. The van der Waals surface area contributed by atoms with Gasteiger partial charge in [-0.1, -0.05) is 23.7 Å². The number of nitrogens with one attached hydrogen (secondary N) is 1. The highest BCUT2D eigenvalue weighted by molar-refractivity contribution is 6.32. The molecule has 2 N–H and O–H groups in total. The number of carbonyl (C=O) groups is 1. The smallest absolute Gasteiger partial charge is 0.250 e. The van der Waals surface area contributed by atoms with Crippen LogP contribution in [0.4, 0.5) is 17.2 Å². The standard InChI is InChI=1S/C32H33ClN6O4/c1-32(41)11-15-38(16-12-32)14-4-6-28(40)39-17-18-42-30-26(39)9-8-25-29(30)31(36-21-35-25)37-22-7-10-27(24(33)19-22)43-20-23-5-2-3-13-34-23/h2-10,13,19,21,41H,11-12,14-18,20H2,1H3,(H,35,36,37)/b6-4+. The van der Waals surface area contributed by atoms with E-state index in [0.29, 0.717) is 70.9 Å². The molecule has 4 heterocycles. The van der Waals surface area contributed by atoms with Gasteiger partial charge in [0.2, 0.25) is 0 Å². The summed E-state index contributed by atoms with van der Waals surface area (Å²) in [4.78, 5) is 30.4. The average molecular weight is 601 g/mol. The number of hydrogen-bond donors (Lipinski definition) is 2. The number of pyridine rings is 1. The molecule has 11 heteroatoms. The van der Waals surface area contributed by atoms with Crippen molar-refractivity contribution in [2.24, 2.45) is 0 Å². The summed E-state index contributed by atoms with van der Waals surface area (Å²) in [5.74, 6) is 1.51. The fourth-order valence-electron chi connectivity index (χ4n) is 5.23. The van der Waals surface area contributed by atoms with Gasteiger partial charge >= 0.3 is 0 Å². The number of rotatable bonds is 8. The van der Waals surface area contributed by atoms with Gasteiger partial charge in [0.15, 0.2) is 5.75 Å². The lowest BCUT2D eigenvalue weighted by atomic mass is 9.94. The molecular formula is C32H33ClN6O4. The number of likely N-dealkylation sites (tertiary alicyclic amines) is 1. The molecular weight excluding hydrogens is 568 g/mol. The largest absolute Gasteiger partial charge is 0.489 e. The zero-order valence-electron chi connectivity index (χ0n) is 23.9. The van der Waals surface area contributed by atoms with Crippen molar-refractivity contribution in [1.82, 2.24) is 19.9 Å². The molecule has 4 aromatic rings. The number of nitrogens with zero attached hydrogens (tertiary/aromatic N) is 5. The van der Waals surface area contributed by atoms with Crippen molar-refractivity contribution in [2.45, 2.75) is 32.0 Å². The van der Waals surface area contributed by atoms with Crippen molar-refractivity contribution in [2.75, 3.05) is 43.0 Å². The van der Waals surface area contributed by atoms with E-state index in [9.17, 15) is 9.90 Å². The van der Waals surface area contributed by atoms with Gasteiger partial charge in [0, 0.05) is 37.6 Å². The first-order valence-electron chi connectivity index (χ1n) is 14.3. The number of ether oxygens (including phenoxy) is 2. The maximum absolute atomic E-state index is 13.3. The summed E-state index contributed by atoms with van der Waals surface area (Å²) >= 11 is 6.55. The van der Waals surface area contributed by atoms with Crippen LogP contribution in [-0.4, -0.2) is 69.3 Å². The number of anilines is 3. The van der Waals surface area contributed by atoms with Gasteiger partial charge in [0.05, 0.1) is 39.5 Å². The van der Waals surface area contributed by atoms with Gasteiger partial charge in [0.1, 0.15) is 31.1 Å². The minimum atomic E-state index is -0.599. The molecule has 10 nitrogen and oxygen atoms in total. The third-order valence-electron chi connectivity index (χ3n) is 7.71. The number of hydrogen-bond acceptors (Lipinski definition) is 9. The maximum Gasteiger partial charge on any atom is 0.250 e. The Morgan fingerprint density at radius 3 is 2.79 bits per heavy atom. The van der Waals surface area contributed by atoms with Crippen LogP contribution in [0.2, 0.25) is 5.02 Å². The highest BCUT2D eigenvalue weighted by Crippen LogP contribution is 2.42. The number of benzene rings is 2. The number of amides is 1. The summed E-state index contributed by atoms with van der Waals surface area (Å²) < 4.78 is 12.0. The molecule has 2 aliphatic heterocycles. The third-order valence-corrected chi connectivity index (χ3v) is 8.00. The first-order chi connectivity index (χ1) is 20.9. The van der Waals surface area contributed by atoms with Crippen LogP contribution in [0, 0.1) is 0 Å². The number of fused-ring (bicyclic) bond motifs is 3. The van der Waals surface area contributed by atoms with E-state index in [4.69, 9.17) is 21.1 Å². The monoisotopic (exact) mass is 600 g/mol. The molecule has 222 valence electrons. The predicted molar refractivity (Wildman–Crippen MR) is 166 cm³/mol. The highest BCUT2D eigenvalue weighted by atomic mass is 35.5. The molecule has 0 unspecified atom stereocenters. The first-order valence-corrected chi connectivity index (χ1v) is 14.7. The molecule has 0 radical (unpaired) electrons. The lowest BCUT2D eigenvalue weighted by Crippen LogP contribution is -2.42. The second kappa shape index (κ2) is 12.5. The van der Waals surface area contributed by atoms with Crippen LogP contribution in [0.25, 0.3) is 10.9 Å². The molecule has 0 spiro atoms. The van der Waals surface area contributed by atoms with Crippen LogP contribution in [-0.2, 0) is 11.4 Å². The number of halogens is 1. The van der Waals surface area contributed by atoms with Crippen molar-refractivity contribution in [3.8, 4) is 11.5 Å². The van der Waals surface area contributed by atoms with Gasteiger partial charge in [-0.15, -0.1) is 0 Å². The van der Waals surface area contributed by atoms with E-state index in [2.05, 4.69) is 25.2 Å². The molecule has 2 aliphatic rings. The molecule has 0 saturated carbocycles. The minimum absolute atomic E-state index is 0.118. The molecule has 2 aromatic heterocycles. The maximum atomic E-state index is 13.3. The van der Waals surface area contributed by atoms with Gasteiger partial charge in [0.25, 0.3) is 5.91 Å². The minimum Gasteiger partial charge on any atom is -0.489 e. The average Bonchev–Trinajstić information content (AvgIpc) is 3.01. The van der Waals surface area contributed by atoms with E-state index < -0.39 is 5.60 Å². The summed E-state index contributed by atoms with van der Waals surface area (Å²) in [6.07, 6.45) is 8.17. The molecule has 6 rings (SSSR count). The molecule has 1 amide bonds. The topological polar surface area (TPSA) is 113 Å². The summed E-state index contributed by atoms with van der Waals surface area (Å²) in [5, 5.41) is 14.6. The number of piperidine rings is 1. The van der Waals surface area contributed by atoms with Gasteiger partial charge in [-0.2, -0.15) is 0 Å². The van der Waals surface area contributed by atoms with Gasteiger partial charge < -0.3 is 24.8 Å². The Morgan fingerprint density at radius 1 is 1.14 bits per heavy atom. The zero-order valence-corrected chi connectivity index (χ0v) is 24.6. The van der Waals surface area contributed by atoms with E-state index in [1.165, 1.54) is 6.33 Å². The van der Waals surface area contributed by atoms with Crippen LogP contribution in [0.1, 0.15) is 25.5 Å². The summed E-state index contributed by atoms with van der Waals surface area (Å²) in [6, 6.07) is 14.8. The molecule has 1 saturated heterocycles. The Hall–Kier alpha value is -4.25. The first kappa shape index (κ1) is 28.9. The number of aromatic nitrogens is 3. The molecule has 0 aliphatic carbocycles. The van der Waals surface area contributed by atoms with E-state index in [-0.39, 0.29) is 5.91 Å². The second-order valence-electron chi connectivity index (χ2n) is 10.9. The SMILES string of the molecule is CC1(O)CCN(C/C=C/C(=O)N2CCOc3c2ccc2ncnc(Nc4ccc(OCc5ccccn5)c(Cl)c4)c32)CC1. The summed E-state index contributed by atoms with van der Waals surface area (Å²) in [6.45, 7) is 5.23. The fraction of sp³-hybridized carbons (Fsp3) is 0.312. The third kappa shape index (κ3) is 6.72. The Morgan fingerprint density at radius 2 is 2.00 bits per heavy atom. The van der Waals surface area contributed by atoms with Gasteiger partial charge in [-0.05, 0) is 62.2 Å². The zero-order chi connectivity index (χ0) is 29.8. The number of aliphatic hydroxyl groups is 1. The Bertz CT molecular complexity index is 1640. The quantitative estimate of drug-likeness (QED) is 0.266. The predicted octanol–water partition coefficient (Wildman–Crippen LogP) is 5.13. The van der Waals surface area contributed by atoms with Crippen LogP contribution >= 0.6 is 11.6 Å². The van der Waals surface area contributed by atoms with Crippen molar-refractivity contribution >= 4 is 45.6 Å². The normalized spacial score (nSPS) is 16.6. The molecule has 0 atom stereocenters. The van der Waals surface area contributed by atoms with E-state index >= 15 is 0 Å². The summed E-state index contributed by atoms with van der Waals surface area (Å²) in [5.41, 5.74) is 2.26. The molecule has 43 heavy (non-hydrogen) atoms. The Balaban J connectivity index is 1.18.